The number of carbonyl (C=O) groups is 1. The fraction of sp³-hybridized carbons (Fsp3) is 0.368. The van der Waals surface area contributed by atoms with Crippen molar-refractivity contribution in [2.45, 2.75) is 31.8 Å². The van der Waals surface area contributed by atoms with Crippen LogP contribution in [0.4, 0.5) is 10.2 Å². The van der Waals surface area contributed by atoms with Gasteiger partial charge < -0.3 is 15.3 Å². The van der Waals surface area contributed by atoms with Gasteiger partial charge in [-0.3, -0.25) is 9.78 Å². The summed E-state index contributed by atoms with van der Waals surface area (Å²) in [6.07, 6.45) is 7.91. The lowest BCUT2D eigenvalue weighted by molar-refractivity contribution is 0.0924. The molecule has 0 saturated carbocycles. The third-order valence-corrected chi connectivity index (χ3v) is 4.91. The highest BCUT2D eigenvalue weighted by molar-refractivity contribution is 5.99. The molecule has 3 aromatic rings. The van der Waals surface area contributed by atoms with Gasteiger partial charge in [0.05, 0.1) is 25.0 Å². The van der Waals surface area contributed by atoms with Gasteiger partial charge in [0.25, 0.3) is 5.91 Å². The Morgan fingerprint density at radius 2 is 2.29 bits per heavy atom. The first kappa shape index (κ1) is 18.3. The Balaban J connectivity index is 1.67. The molecule has 1 aliphatic heterocycles. The third-order valence-electron chi connectivity index (χ3n) is 4.91. The van der Waals surface area contributed by atoms with Gasteiger partial charge in [-0.1, -0.05) is 0 Å². The van der Waals surface area contributed by atoms with Crippen LogP contribution in [0.1, 0.15) is 41.7 Å². The normalized spacial score (nSPS) is 17.8. The number of aliphatic hydroxyl groups is 1. The van der Waals surface area contributed by atoms with Gasteiger partial charge in [-0.15, -0.1) is 0 Å². The van der Waals surface area contributed by atoms with Gasteiger partial charge >= 0.3 is 0 Å². The van der Waals surface area contributed by atoms with E-state index in [0.717, 1.165) is 24.9 Å². The molecule has 3 aromatic heterocycles. The molecule has 1 aliphatic rings. The number of hydrogen-bond acceptors (Lipinski definition) is 6. The zero-order valence-electron chi connectivity index (χ0n) is 15.4. The summed E-state index contributed by atoms with van der Waals surface area (Å²) in [6.45, 7) is 2.34. The molecule has 1 saturated heterocycles. The van der Waals surface area contributed by atoms with Crippen molar-refractivity contribution in [1.82, 2.24) is 24.9 Å². The van der Waals surface area contributed by atoms with Crippen LogP contribution < -0.4 is 10.2 Å². The summed E-state index contributed by atoms with van der Waals surface area (Å²) >= 11 is 0. The second kappa shape index (κ2) is 7.51. The van der Waals surface area contributed by atoms with Gasteiger partial charge in [0, 0.05) is 25.0 Å². The second-order valence-electron chi connectivity index (χ2n) is 6.96. The molecule has 1 unspecified atom stereocenters. The predicted molar refractivity (Wildman–Crippen MR) is 101 cm³/mol. The number of amides is 1. The maximum atomic E-state index is 13.6. The van der Waals surface area contributed by atoms with E-state index in [-0.39, 0.29) is 30.4 Å². The Bertz CT molecular complexity index is 1010. The van der Waals surface area contributed by atoms with Crippen LogP contribution in [-0.2, 0) is 0 Å². The standard InChI is InChI=1S/C19H21FN6O2/c1-12(11-27)23-19(28)15-10-22-26-6-4-17(24-18(15)26)25-5-2-3-16(25)13-7-14(20)9-21-8-13/h4,6-10,12,16,27H,2-3,5,11H2,1H3,(H,23,28)/t12-,16?/m1/s1. The highest BCUT2D eigenvalue weighted by Gasteiger charge is 2.28. The molecule has 0 aliphatic carbocycles. The first-order valence-electron chi connectivity index (χ1n) is 9.20. The topological polar surface area (TPSA) is 95.6 Å². The van der Waals surface area contributed by atoms with Crippen LogP contribution in [-0.4, -0.2) is 49.8 Å². The molecule has 146 valence electrons. The Morgan fingerprint density at radius 3 is 3.07 bits per heavy atom. The summed E-state index contributed by atoms with van der Waals surface area (Å²) in [5.41, 5.74) is 1.58. The summed E-state index contributed by atoms with van der Waals surface area (Å²) < 4.78 is 15.2. The average Bonchev–Trinajstić information content (AvgIpc) is 3.34. The molecule has 4 heterocycles. The number of anilines is 1. The van der Waals surface area contributed by atoms with Gasteiger partial charge in [-0.25, -0.2) is 13.9 Å². The minimum absolute atomic E-state index is 0.0206. The minimum Gasteiger partial charge on any atom is -0.394 e. The van der Waals surface area contributed by atoms with Crippen molar-refractivity contribution in [3.05, 3.63) is 53.9 Å². The second-order valence-corrected chi connectivity index (χ2v) is 6.96. The van der Waals surface area contributed by atoms with Gasteiger partial charge in [0.2, 0.25) is 0 Å². The van der Waals surface area contributed by atoms with Crippen LogP contribution in [0.2, 0.25) is 0 Å². The highest BCUT2D eigenvalue weighted by atomic mass is 19.1. The molecule has 8 nitrogen and oxygen atoms in total. The zero-order chi connectivity index (χ0) is 19.7. The average molecular weight is 384 g/mol. The van der Waals surface area contributed by atoms with Crippen molar-refractivity contribution in [3.8, 4) is 0 Å². The number of aliphatic hydroxyl groups excluding tert-OH is 1. The van der Waals surface area contributed by atoms with Gasteiger partial charge in [-0.2, -0.15) is 5.10 Å². The molecule has 9 heteroatoms. The van der Waals surface area contributed by atoms with E-state index in [1.807, 2.05) is 6.07 Å². The molecule has 1 fully saturated rings. The number of nitrogens with one attached hydrogen (secondary N) is 1. The van der Waals surface area contributed by atoms with E-state index in [4.69, 9.17) is 5.11 Å². The number of fused-ring (bicyclic) bond motifs is 1. The van der Waals surface area contributed by atoms with Crippen LogP contribution in [0.15, 0.2) is 36.9 Å². The predicted octanol–water partition coefficient (Wildman–Crippen LogP) is 1.72. The van der Waals surface area contributed by atoms with Gasteiger partial charge in [0.15, 0.2) is 5.65 Å². The van der Waals surface area contributed by atoms with Crippen molar-refractivity contribution >= 4 is 17.4 Å². The van der Waals surface area contributed by atoms with Crippen molar-refractivity contribution in [2.75, 3.05) is 18.1 Å². The number of pyridine rings is 1. The highest BCUT2D eigenvalue weighted by Crippen LogP contribution is 2.35. The lowest BCUT2D eigenvalue weighted by Crippen LogP contribution is -2.35. The van der Waals surface area contributed by atoms with Gasteiger partial charge in [0.1, 0.15) is 17.2 Å². The Morgan fingerprint density at radius 1 is 1.43 bits per heavy atom. The quantitative estimate of drug-likeness (QED) is 0.695. The van der Waals surface area contributed by atoms with E-state index < -0.39 is 0 Å². The first-order valence-corrected chi connectivity index (χ1v) is 9.20. The van der Waals surface area contributed by atoms with Crippen LogP contribution in [0.25, 0.3) is 5.65 Å². The molecule has 4 rings (SSSR count). The van der Waals surface area contributed by atoms with E-state index in [2.05, 4.69) is 25.3 Å². The molecule has 0 radical (unpaired) electrons. The summed E-state index contributed by atoms with van der Waals surface area (Å²) in [4.78, 5) is 23.2. The largest absolute Gasteiger partial charge is 0.394 e. The Labute approximate surface area is 161 Å². The van der Waals surface area contributed by atoms with E-state index >= 15 is 0 Å². The lowest BCUT2D eigenvalue weighted by atomic mass is 10.1. The molecule has 2 N–H and O–H groups in total. The summed E-state index contributed by atoms with van der Waals surface area (Å²) in [7, 11) is 0. The molecule has 1 amide bonds. The number of aromatic nitrogens is 4. The molecule has 2 atom stereocenters. The van der Waals surface area contributed by atoms with Crippen molar-refractivity contribution < 1.29 is 14.3 Å². The van der Waals surface area contributed by atoms with Crippen LogP contribution >= 0.6 is 0 Å². The number of halogens is 1. The Kier molecular flexibility index (Phi) is 4.91. The summed E-state index contributed by atoms with van der Waals surface area (Å²) in [5, 5.41) is 16.0. The maximum absolute atomic E-state index is 13.6. The van der Waals surface area contributed by atoms with E-state index in [9.17, 15) is 9.18 Å². The monoisotopic (exact) mass is 384 g/mol. The van der Waals surface area contributed by atoms with Gasteiger partial charge in [-0.05, 0) is 37.5 Å². The number of hydrogen-bond donors (Lipinski definition) is 2. The van der Waals surface area contributed by atoms with Crippen LogP contribution in [0.3, 0.4) is 0 Å². The van der Waals surface area contributed by atoms with Crippen LogP contribution in [0, 0.1) is 5.82 Å². The zero-order valence-corrected chi connectivity index (χ0v) is 15.4. The number of carbonyl (C=O) groups excluding carboxylic acids is 1. The molecule has 0 bridgehead atoms. The third kappa shape index (κ3) is 3.40. The van der Waals surface area contributed by atoms with Crippen molar-refractivity contribution in [1.29, 1.82) is 0 Å². The smallest absolute Gasteiger partial charge is 0.257 e. The van der Waals surface area contributed by atoms with Crippen LogP contribution in [0.5, 0.6) is 0 Å². The van der Waals surface area contributed by atoms with E-state index in [1.165, 1.54) is 23.0 Å². The Hall–Kier alpha value is -3.07. The SMILES string of the molecule is C[C@H](CO)NC(=O)c1cnn2ccc(N3CCCC3c3cncc(F)c3)nc12. The first-order chi connectivity index (χ1) is 13.6. The molecule has 0 aromatic carbocycles. The fourth-order valence-electron chi connectivity index (χ4n) is 3.52. The van der Waals surface area contributed by atoms with E-state index in [1.54, 1.807) is 19.3 Å². The number of rotatable bonds is 5. The number of nitrogens with zero attached hydrogens (tertiary/aromatic N) is 5. The van der Waals surface area contributed by atoms with Crippen molar-refractivity contribution in [3.63, 3.8) is 0 Å². The molecule has 0 spiro atoms. The molecule has 28 heavy (non-hydrogen) atoms. The molecular formula is C19H21FN6O2. The lowest BCUT2D eigenvalue weighted by Gasteiger charge is -2.26. The minimum atomic E-state index is -0.367. The van der Waals surface area contributed by atoms with E-state index in [0.29, 0.717) is 17.0 Å². The van der Waals surface area contributed by atoms with Crippen molar-refractivity contribution in [2.24, 2.45) is 0 Å². The molecular weight excluding hydrogens is 363 g/mol. The maximum Gasteiger partial charge on any atom is 0.257 e. The summed E-state index contributed by atoms with van der Waals surface area (Å²) in [5.74, 6) is -0.00182. The summed E-state index contributed by atoms with van der Waals surface area (Å²) in [6, 6.07) is 2.95. The fourth-order valence-corrected chi connectivity index (χ4v) is 3.52.